The summed E-state index contributed by atoms with van der Waals surface area (Å²) in [6.45, 7) is 0. The molecular formula is C19H18N4O4. The number of H-pyrrole nitrogens is 1. The van der Waals surface area contributed by atoms with E-state index in [1.165, 1.54) is 24.3 Å². The maximum atomic E-state index is 10.9. The fraction of sp³-hybridized carbons (Fsp3) is 0.211. The van der Waals surface area contributed by atoms with Crippen LogP contribution in [0, 0.1) is 20.2 Å². The number of aryl methyl sites for hydroxylation is 1. The van der Waals surface area contributed by atoms with Crippen LogP contribution in [0.2, 0.25) is 0 Å². The van der Waals surface area contributed by atoms with Crippen LogP contribution in [0.1, 0.15) is 35.6 Å². The molecule has 8 nitrogen and oxygen atoms in total. The van der Waals surface area contributed by atoms with Crippen molar-refractivity contribution in [3.8, 4) is 0 Å². The molecule has 1 heterocycles. The average Bonchev–Trinajstić information content (AvgIpc) is 3.19. The molecular weight excluding hydrogens is 348 g/mol. The van der Waals surface area contributed by atoms with Crippen LogP contribution in [0.15, 0.2) is 61.1 Å². The summed E-state index contributed by atoms with van der Waals surface area (Å²) in [7, 11) is 0. The van der Waals surface area contributed by atoms with Gasteiger partial charge in [0.2, 0.25) is 0 Å². The third kappa shape index (κ3) is 4.55. The van der Waals surface area contributed by atoms with Crippen molar-refractivity contribution in [2.45, 2.75) is 25.2 Å². The molecule has 0 unspecified atom stereocenters. The summed E-state index contributed by atoms with van der Waals surface area (Å²) in [6, 6.07) is 12.9. The molecule has 1 N–H and O–H groups in total. The molecule has 3 aromatic rings. The molecule has 2 aromatic carbocycles. The van der Waals surface area contributed by atoms with Gasteiger partial charge in [0, 0.05) is 36.4 Å². The highest BCUT2D eigenvalue weighted by atomic mass is 16.6. The molecule has 3 rings (SSSR count). The van der Waals surface area contributed by atoms with E-state index in [0.717, 1.165) is 36.1 Å². The molecule has 0 fully saturated rings. The lowest BCUT2D eigenvalue weighted by Gasteiger charge is -2.18. The summed E-state index contributed by atoms with van der Waals surface area (Å²) in [5.74, 6) is -0.00875. The number of imidazole rings is 1. The van der Waals surface area contributed by atoms with Gasteiger partial charge in [-0.15, -0.1) is 0 Å². The number of aromatic nitrogens is 2. The Labute approximate surface area is 155 Å². The number of nitrogens with one attached hydrogen (secondary N) is 1. The van der Waals surface area contributed by atoms with Gasteiger partial charge >= 0.3 is 0 Å². The van der Waals surface area contributed by atoms with E-state index in [1.807, 2.05) is 6.20 Å². The van der Waals surface area contributed by atoms with Crippen molar-refractivity contribution in [2.24, 2.45) is 0 Å². The minimum absolute atomic E-state index is 0.00875. The predicted molar refractivity (Wildman–Crippen MR) is 99.6 cm³/mol. The first-order valence-electron chi connectivity index (χ1n) is 8.51. The Balaban J connectivity index is 1.82. The van der Waals surface area contributed by atoms with E-state index >= 15 is 0 Å². The number of hydrogen-bond donors (Lipinski definition) is 1. The third-order valence-electron chi connectivity index (χ3n) is 4.49. The number of aromatic amines is 1. The van der Waals surface area contributed by atoms with Gasteiger partial charge in [0.1, 0.15) is 0 Å². The maximum Gasteiger partial charge on any atom is 0.269 e. The molecule has 0 saturated carbocycles. The minimum Gasteiger partial charge on any atom is -0.351 e. The van der Waals surface area contributed by atoms with Gasteiger partial charge in [-0.3, -0.25) is 20.2 Å². The van der Waals surface area contributed by atoms with E-state index in [0.29, 0.717) is 0 Å². The van der Waals surface area contributed by atoms with Crippen LogP contribution in [-0.4, -0.2) is 19.8 Å². The highest BCUT2D eigenvalue weighted by molar-refractivity contribution is 5.41. The largest absolute Gasteiger partial charge is 0.351 e. The first-order valence-corrected chi connectivity index (χ1v) is 8.51. The van der Waals surface area contributed by atoms with E-state index in [4.69, 9.17) is 0 Å². The number of benzene rings is 2. The number of nitro groups is 2. The van der Waals surface area contributed by atoms with Crippen molar-refractivity contribution in [1.82, 2.24) is 9.97 Å². The normalized spacial score (nSPS) is 10.9. The van der Waals surface area contributed by atoms with Crippen LogP contribution >= 0.6 is 0 Å². The van der Waals surface area contributed by atoms with E-state index in [1.54, 1.807) is 30.6 Å². The molecule has 0 aliphatic heterocycles. The molecule has 0 radical (unpaired) electrons. The SMILES string of the molecule is O=[N+]([O-])c1ccc(C(CCCc2c[nH]cn2)c2ccc([N+](=O)[O-])cc2)cc1. The lowest BCUT2D eigenvalue weighted by molar-refractivity contribution is -0.385. The zero-order chi connectivity index (χ0) is 19.2. The van der Waals surface area contributed by atoms with Gasteiger partial charge in [-0.1, -0.05) is 24.3 Å². The highest BCUT2D eigenvalue weighted by Crippen LogP contribution is 2.32. The first-order chi connectivity index (χ1) is 13.0. The smallest absolute Gasteiger partial charge is 0.269 e. The van der Waals surface area contributed by atoms with Crippen molar-refractivity contribution in [3.63, 3.8) is 0 Å². The molecule has 1 aromatic heterocycles. The molecule has 8 heteroatoms. The Kier molecular flexibility index (Phi) is 5.55. The standard InChI is InChI=1S/C19H18N4O4/c24-22(25)17-8-4-14(5-9-17)19(3-1-2-16-12-20-13-21-16)15-6-10-18(11-7-15)23(26)27/h4-13,19H,1-3H2,(H,20,21). The summed E-state index contributed by atoms with van der Waals surface area (Å²) in [5, 5.41) is 21.8. The molecule has 0 aliphatic carbocycles. The van der Waals surface area contributed by atoms with Crippen molar-refractivity contribution in [2.75, 3.05) is 0 Å². The molecule has 0 bridgehead atoms. The molecule has 27 heavy (non-hydrogen) atoms. The first kappa shape index (κ1) is 18.2. The third-order valence-corrected chi connectivity index (χ3v) is 4.49. The molecule has 0 atom stereocenters. The van der Waals surface area contributed by atoms with Crippen LogP contribution in [0.3, 0.4) is 0 Å². The minimum atomic E-state index is -0.428. The van der Waals surface area contributed by atoms with Gasteiger partial charge in [-0.25, -0.2) is 4.98 Å². The van der Waals surface area contributed by atoms with Gasteiger partial charge in [0.25, 0.3) is 11.4 Å². The Bertz CT molecular complexity index is 848. The van der Waals surface area contributed by atoms with E-state index in [2.05, 4.69) is 9.97 Å². The predicted octanol–water partition coefficient (Wildman–Crippen LogP) is 4.38. The zero-order valence-electron chi connectivity index (χ0n) is 14.4. The fourth-order valence-corrected chi connectivity index (χ4v) is 3.10. The highest BCUT2D eigenvalue weighted by Gasteiger charge is 2.17. The second-order valence-electron chi connectivity index (χ2n) is 6.20. The van der Waals surface area contributed by atoms with Gasteiger partial charge in [-0.05, 0) is 30.4 Å². The molecule has 0 saturated heterocycles. The number of non-ortho nitro benzene ring substituents is 2. The molecule has 138 valence electrons. The van der Waals surface area contributed by atoms with Crippen LogP contribution < -0.4 is 0 Å². The Morgan fingerprint density at radius 2 is 1.41 bits per heavy atom. The van der Waals surface area contributed by atoms with Crippen molar-refractivity contribution in [3.05, 3.63) is 98.1 Å². The van der Waals surface area contributed by atoms with E-state index < -0.39 is 9.85 Å². The van der Waals surface area contributed by atoms with Crippen molar-refractivity contribution in [1.29, 1.82) is 0 Å². The summed E-state index contributed by atoms with van der Waals surface area (Å²) in [4.78, 5) is 28.1. The maximum absolute atomic E-state index is 10.9. The van der Waals surface area contributed by atoms with E-state index in [-0.39, 0.29) is 17.3 Å². The van der Waals surface area contributed by atoms with Crippen LogP contribution in [0.25, 0.3) is 0 Å². The topological polar surface area (TPSA) is 115 Å². The Hall–Kier alpha value is -3.55. The fourth-order valence-electron chi connectivity index (χ4n) is 3.10. The summed E-state index contributed by atoms with van der Waals surface area (Å²) < 4.78 is 0. The quantitative estimate of drug-likeness (QED) is 0.469. The zero-order valence-corrected chi connectivity index (χ0v) is 14.4. The lowest BCUT2D eigenvalue weighted by Crippen LogP contribution is -2.03. The molecule has 0 aliphatic rings. The van der Waals surface area contributed by atoms with Gasteiger partial charge < -0.3 is 4.98 Å². The van der Waals surface area contributed by atoms with Crippen molar-refractivity contribution >= 4 is 11.4 Å². The van der Waals surface area contributed by atoms with Crippen molar-refractivity contribution < 1.29 is 9.85 Å². The molecule has 0 amide bonds. The van der Waals surface area contributed by atoms with Gasteiger partial charge in [-0.2, -0.15) is 0 Å². The van der Waals surface area contributed by atoms with Gasteiger partial charge in [0.05, 0.1) is 21.9 Å². The van der Waals surface area contributed by atoms with Gasteiger partial charge in [0.15, 0.2) is 0 Å². The second kappa shape index (κ2) is 8.22. The molecule has 0 spiro atoms. The van der Waals surface area contributed by atoms with E-state index in [9.17, 15) is 20.2 Å². The number of nitro benzene ring substituents is 2. The van der Waals surface area contributed by atoms with Crippen LogP contribution in [0.4, 0.5) is 11.4 Å². The summed E-state index contributed by atoms with van der Waals surface area (Å²) >= 11 is 0. The van der Waals surface area contributed by atoms with Crippen LogP contribution in [0.5, 0.6) is 0 Å². The number of nitrogens with zero attached hydrogens (tertiary/aromatic N) is 3. The Morgan fingerprint density at radius 3 is 1.81 bits per heavy atom. The number of rotatable bonds is 8. The monoisotopic (exact) mass is 366 g/mol. The average molecular weight is 366 g/mol. The summed E-state index contributed by atoms with van der Waals surface area (Å²) in [6.07, 6.45) is 5.96. The summed E-state index contributed by atoms with van der Waals surface area (Å²) in [5.41, 5.74) is 2.93. The second-order valence-corrected chi connectivity index (χ2v) is 6.20. The number of hydrogen-bond acceptors (Lipinski definition) is 5. The lowest BCUT2D eigenvalue weighted by atomic mass is 9.86. The Morgan fingerprint density at radius 1 is 0.889 bits per heavy atom. The van der Waals surface area contributed by atoms with Crippen LogP contribution in [-0.2, 0) is 6.42 Å².